The second-order valence-corrected chi connectivity index (χ2v) is 4.52. The first kappa shape index (κ1) is 13.9. The first-order chi connectivity index (χ1) is 9.56. The van der Waals surface area contributed by atoms with Crippen molar-refractivity contribution in [1.29, 1.82) is 0 Å². The number of hydrogen-bond donors (Lipinski definition) is 2. The number of rotatable bonds is 4. The summed E-state index contributed by atoms with van der Waals surface area (Å²) < 4.78 is 13.4. The van der Waals surface area contributed by atoms with Crippen molar-refractivity contribution in [2.45, 2.75) is 19.9 Å². The van der Waals surface area contributed by atoms with Crippen LogP contribution < -0.4 is 10.6 Å². The van der Waals surface area contributed by atoms with Gasteiger partial charge in [0, 0.05) is 6.04 Å². The highest BCUT2D eigenvalue weighted by Gasteiger charge is 2.10. The van der Waals surface area contributed by atoms with Crippen molar-refractivity contribution in [2.75, 3.05) is 10.6 Å². The minimum atomic E-state index is -0.501. The number of halogens is 1. The van der Waals surface area contributed by atoms with Gasteiger partial charge in [0.1, 0.15) is 17.3 Å². The molecule has 2 aromatic rings. The van der Waals surface area contributed by atoms with E-state index in [4.69, 9.17) is 0 Å². The SMILES string of the molecule is CC(C)Nc1cnc(C(=O)Nc2ccccc2F)cn1. The molecule has 0 spiro atoms. The molecule has 0 fully saturated rings. The van der Waals surface area contributed by atoms with Crippen LogP contribution >= 0.6 is 0 Å². The van der Waals surface area contributed by atoms with Gasteiger partial charge in [-0.05, 0) is 26.0 Å². The Morgan fingerprint density at radius 3 is 2.55 bits per heavy atom. The zero-order valence-electron chi connectivity index (χ0n) is 11.2. The summed E-state index contributed by atoms with van der Waals surface area (Å²) in [7, 11) is 0. The third kappa shape index (κ3) is 3.50. The standard InChI is InChI=1S/C14H15FN4O/c1-9(2)18-13-8-16-12(7-17-13)14(20)19-11-6-4-3-5-10(11)15/h3-9H,1-2H3,(H,17,18)(H,19,20). The molecule has 5 nitrogen and oxygen atoms in total. The largest absolute Gasteiger partial charge is 0.367 e. The quantitative estimate of drug-likeness (QED) is 0.899. The number of anilines is 2. The Morgan fingerprint density at radius 2 is 1.95 bits per heavy atom. The molecular formula is C14H15FN4O. The van der Waals surface area contributed by atoms with Crippen LogP contribution in [0.1, 0.15) is 24.3 Å². The third-order valence-electron chi connectivity index (χ3n) is 2.44. The number of nitrogens with zero attached hydrogens (tertiary/aromatic N) is 2. The number of benzene rings is 1. The van der Waals surface area contributed by atoms with Gasteiger partial charge in [0.05, 0.1) is 18.1 Å². The fraction of sp³-hybridized carbons (Fsp3) is 0.214. The van der Waals surface area contributed by atoms with Crippen molar-refractivity contribution in [3.05, 3.63) is 48.2 Å². The monoisotopic (exact) mass is 274 g/mol. The summed E-state index contributed by atoms with van der Waals surface area (Å²) >= 11 is 0. The Bertz CT molecular complexity index is 598. The van der Waals surface area contributed by atoms with Crippen molar-refractivity contribution in [1.82, 2.24) is 9.97 Å². The van der Waals surface area contributed by atoms with E-state index < -0.39 is 11.7 Å². The van der Waals surface area contributed by atoms with Crippen molar-refractivity contribution in [2.24, 2.45) is 0 Å². The Hall–Kier alpha value is -2.50. The summed E-state index contributed by atoms with van der Waals surface area (Å²) in [6.07, 6.45) is 2.82. The molecule has 1 aromatic carbocycles. The lowest BCUT2D eigenvalue weighted by Crippen LogP contribution is -2.16. The number of amides is 1. The molecule has 1 heterocycles. The van der Waals surface area contributed by atoms with Gasteiger partial charge in [-0.3, -0.25) is 4.79 Å². The Labute approximate surface area is 116 Å². The van der Waals surface area contributed by atoms with Crippen molar-refractivity contribution >= 4 is 17.4 Å². The van der Waals surface area contributed by atoms with Gasteiger partial charge >= 0.3 is 0 Å². The number of para-hydroxylation sites is 1. The summed E-state index contributed by atoms with van der Waals surface area (Å²) in [6, 6.07) is 6.17. The van der Waals surface area contributed by atoms with E-state index in [2.05, 4.69) is 20.6 Å². The minimum Gasteiger partial charge on any atom is -0.367 e. The van der Waals surface area contributed by atoms with Crippen LogP contribution in [0.2, 0.25) is 0 Å². The van der Waals surface area contributed by atoms with Crippen molar-refractivity contribution in [3.63, 3.8) is 0 Å². The molecule has 0 aliphatic heterocycles. The molecule has 0 bridgehead atoms. The molecule has 0 saturated carbocycles. The lowest BCUT2D eigenvalue weighted by molar-refractivity contribution is 0.102. The minimum absolute atomic E-state index is 0.115. The molecule has 6 heteroatoms. The van der Waals surface area contributed by atoms with Gasteiger partial charge in [0.15, 0.2) is 0 Å². The molecule has 0 aliphatic carbocycles. The highest BCUT2D eigenvalue weighted by Crippen LogP contribution is 2.13. The lowest BCUT2D eigenvalue weighted by Gasteiger charge is -2.09. The first-order valence-electron chi connectivity index (χ1n) is 6.20. The van der Waals surface area contributed by atoms with Crippen LogP contribution in [0.3, 0.4) is 0 Å². The molecule has 1 amide bonds. The molecule has 1 aromatic heterocycles. The van der Waals surface area contributed by atoms with Crippen LogP contribution in [-0.2, 0) is 0 Å². The number of carbonyl (C=O) groups is 1. The second-order valence-electron chi connectivity index (χ2n) is 4.52. The maximum atomic E-state index is 13.4. The van der Waals surface area contributed by atoms with E-state index in [0.29, 0.717) is 5.82 Å². The molecule has 0 aliphatic rings. The molecule has 0 radical (unpaired) electrons. The summed E-state index contributed by atoms with van der Waals surface area (Å²) in [5.74, 6) is -0.409. The topological polar surface area (TPSA) is 66.9 Å². The fourth-order valence-electron chi connectivity index (χ4n) is 1.56. The molecule has 2 N–H and O–H groups in total. The zero-order valence-corrected chi connectivity index (χ0v) is 11.2. The average Bonchev–Trinajstić information content (AvgIpc) is 2.41. The van der Waals surface area contributed by atoms with Gasteiger partial charge in [-0.1, -0.05) is 12.1 Å². The normalized spacial score (nSPS) is 10.4. The van der Waals surface area contributed by atoms with Crippen LogP contribution in [0.5, 0.6) is 0 Å². The predicted octanol–water partition coefficient (Wildman–Crippen LogP) is 2.69. The summed E-state index contributed by atoms with van der Waals surface area (Å²) in [4.78, 5) is 20.0. The van der Waals surface area contributed by atoms with Crippen LogP contribution in [0, 0.1) is 5.82 Å². The summed E-state index contributed by atoms with van der Waals surface area (Å²) in [5, 5.41) is 5.51. The molecular weight excluding hydrogens is 259 g/mol. The van der Waals surface area contributed by atoms with Crippen molar-refractivity contribution < 1.29 is 9.18 Å². The van der Waals surface area contributed by atoms with Crippen LogP contribution in [0.4, 0.5) is 15.9 Å². The lowest BCUT2D eigenvalue weighted by atomic mass is 10.3. The molecule has 104 valence electrons. The van der Waals surface area contributed by atoms with Gasteiger partial charge in [-0.15, -0.1) is 0 Å². The van der Waals surface area contributed by atoms with Gasteiger partial charge in [-0.25, -0.2) is 14.4 Å². The summed E-state index contributed by atoms with van der Waals surface area (Å²) in [5.41, 5.74) is 0.242. The Morgan fingerprint density at radius 1 is 1.20 bits per heavy atom. The highest BCUT2D eigenvalue weighted by molar-refractivity contribution is 6.02. The van der Waals surface area contributed by atoms with Crippen LogP contribution in [0.15, 0.2) is 36.7 Å². The smallest absolute Gasteiger partial charge is 0.275 e. The highest BCUT2D eigenvalue weighted by atomic mass is 19.1. The van der Waals surface area contributed by atoms with Crippen LogP contribution in [0.25, 0.3) is 0 Å². The van der Waals surface area contributed by atoms with E-state index in [0.717, 1.165) is 0 Å². The van der Waals surface area contributed by atoms with Gasteiger partial charge < -0.3 is 10.6 Å². The average molecular weight is 274 g/mol. The van der Waals surface area contributed by atoms with Gasteiger partial charge in [-0.2, -0.15) is 0 Å². The Balaban J connectivity index is 2.08. The first-order valence-corrected chi connectivity index (χ1v) is 6.20. The van der Waals surface area contributed by atoms with E-state index in [1.807, 2.05) is 13.8 Å². The zero-order chi connectivity index (χ0) is 14.5. The predicted molar refractivity (Wildman–Crippen MR) is 75.1 cm³/mol. The fourth-order valence-corrected chi connectivity index (χ4v) is 1.56. The molecule has 0 atom stereocenters. The molecule has 0 saturated heterocycles. The van der Waals surface area contributed by atoms with E-state index in [1.165, 1.54) is 24.5 Å². The number of carbonyl (C=O) groups excluding carboxylic acids is 1. The van der Waals surface area contributed by atoms with Crippen LogP contribution in [-0.4, -0.2) is 21.9 Å². The maximum absolute atomic E-state index is 13.4. The van der Waals surface area contributed by atoms with Crippen molar-refractivity contribution in [3.8, 4) is 0 Å². The molecule has 2 rings (SSSR count). The second kappa shape index (κ2) is 6.10. The molecule has 20 heavy (non-hydrogen) atoms. The molecule has 0 unspecified atom stereocenters. The maximum Gasteiger partial charge on any atom is 0.275 e. The number of aromatic nitrogens is 2. The Kier molecular flexibility index (Phi) is 4.24. The van der Waals surface area contributed by atoms with Gasteiger partial charge in [0.25, 0.3) is 5.91 Å². The summed E-state index contributed by atoms with van der Waals surface area (Å²) in [6.45, 7) is 3.95. The van der Waals surface area contributed by atoms with E-state index in [1.54, 1.807) is 12.1 Å². The number of hydrogen-bond acceptors (Lipinski definition) is 4. The van der Waals surface area contributed by atoms with E-state index in [9.17, 15) is 9.18 Å². The number of nitrogens with one attached hydrogen (secondary N) is 2. The third-order valence-corrected chi connectivity index (χ3v) is 2.44. The van der Waals surface area contributed by atoms with E-state index in [-0.39, 0.29) is 17.4 Å². The van der Waals surface area contributed by atoms with E-state index >= 15 is 0 Å². The van der Waals surface area contributed by atoms with Gasteiger partial charge in [0.2, 0.25) is 0 Å².